The van der Waals surface area contributed by atoms with E-state index in [4.69, 9.17) is 18.9 Å². The smallest absolute Gasteiger partial charge is 0.329 e. The van der Waals surface area contributed by atoms with Gasteiger partial charge < -0.3 is 29.4 Å². The summed E-state index contributed by atoms with van der Waals surface area (Å²) in [4.78, 5) is 29.7. The normalized spacial score (nSPS) is 22.9. The fraction of sp³-hybridized carbons (Fsp3) is 0.480. The molecule has 2 N–H and O–H groups in total. The Morgan fingerprint density at radius 3 is 2.69 bits per heavy atom. The molecule has 4 atom stereocenters. The van der Waals surface area contributed by atoms with Crippen molar-refractivity contribution in [1.29, 1.82) is 0 Å². The van der Waals surface area contributed by atoms with Crippen LogP contribution in [0.2, 0.25) is 0 Å². The molecule has 2 heterocycles. The van der Waals surface area contributed by atoms with E-state index in [-0.39, 0.29) is 42.3 Å². The zero-order chi connectivity index (χ0) is 25.4. The van der Waals surface area contributed by atoms with Gasteiger partial charge in [-0.2, -0.15) is 0 Å². The molecular weight excluding hydrogens is 459 g/mol. The molecule has 1 aliphatic rings. The van der Waals surface area contributed by atoms with Gasteiger partial charge in [0.2, 0.25) is 0 Å². The third-order valence-electron chi connectivity index (χ3n) is 6.02. The van der Waals surface area contributed by atoms with E-state index in [0.29, 0.717) is 19.4 Å². The quantitative estimate of drug-likeness (QED) is 0.543. The largest absolute Gasteiger partial charge is 0.503 e. The highest BCUT2D eigenvalue weighted by molar-refractivity contribution is 5.97. The Morgan fingerprint density at radius 2 is 2.00 bits per heavy atom. The number of carbonyl (C=O) groups is 2. The number of nitrogens with zero attached hydrogens (tertiary/aromatic N) is 1. The molecule has 0 radical (unpaired) electrons. The summed E-state index contributed by atoms with van der Waals surface area (Å²) in [5, 5.41) is 12.8. The van der Waals surface area contributed by atoms with E-state index in [0.717, 1.165) is 5.56 Å². The molecule has 0 spiro atoms. The van der Waals surface area contributed by atoms with E-state index in [1.807, 2.05) is 0 Å². The van der Waals surface area contributed by atoms with Gasteiger partial charge in [0.1, 0.15) is 18.0 Å². The topological polar surface area (TPSA) is 116 Å². The third-order valence-corrected chi connectivity index (χ3v) is 6.02. The molecule has 1 saturated heterocycles. The third kappa shape index (κ3) is 6.89. The minimum Gasteiger partial charge on any atom is -0.503 e. The van der Waals surface area contributed by atoms with Crippen molar-refractivity contribution in [3.63, 3.8) is 0 Å². The van der Waals surface area contributed by atoms with Gasteiger partial charge in [-0.3, -0.25) is 4.79 Å². The molecule has 35 heavy (non-hydrogen) atoms. The maximum Gasteiger partial charge on any atom is 0.329 e. The number of carbonyl (C=O) groups excluding carboxylic acids is 2. The Bertz CT molecular complexity index is 1000. The number of hydrogen-bond donors (Lipinski definition) is 2. The van der Waals surface area contributed by atoms with Crippen molar-refractivity contribution >= 4 is 11.9 Å². The molecule has 1 aliphatic heterocycles. The number of esters is 1. The van der Waals surface area contributed by atoms with Gasteiger partial charge in [-0.1, -0.05) is 12.1 Å². The molecule has 1 amide bonds. The second-order valence-electron chi connectivity index (χ2n) is 8.35. The molecule has 3 rings (SSSR count). The molecule has 1 fully saturated rings. The van der Waals surface area contributed by atoms with Crippen molar-refractivity contribution in [2.24, 2.45) is 5.92 Å². The summed E-state index contributed by atoms with van der Waals surface area (Å²) in [6.45, 7) is 2.40. The summed E-state index contributed by atoms with van der Waals surface area (Å²) in [6, 6.07) is 6.57. The molecule has 1 aromatic heterocycles. The summed E-state index contributed by atoms with van der Waals surface area (Å²) >= 11 is 0. The number of halogens is 1. The van der Waals surface area contributed by atoms with Gasteiger partial charge in [-0.05, 0) is 37.5 Å². The summed E-state index contributed by atoms with van der Waals surface area (Å²) in [5.74, 6) is -2.25. The fourth-order valence-electron chi connectivity index (χ4n) is 4.08. The first-order valence-corrected chi connectivity index (χ1v) is 11.4. The van der Waals surface area contributed by atoms with E-state index < -0.39 is 29.8 Å². The van der Waals surface area contributed by atoms with Crippen LogP contribution in [0.4, 0.5) is 4.39 Å². The number of nitrogens with one attached hydrogen (secondary N) is 1. The van der Waals surface area contributed by atoms with Crippen LogP contribution < -0.4 is 10.1 Å². The Hall–Kier alpha value is -3.24. The van der Waals surface area contributed by atoms with Crippen LogP contribution in [0.3, 0.4) is 0 Å². The Labute approximate surface area is 203 Å². The first-order valence-electron chi connectivity index (χ1n) is 11.4. The van der Waals surface area contributed by atoms with Crippen LogP contribution in [0, 0.1) is 11.7 Å². The second-order valence-corrected chi connectivity index (χ2v) is 8.35. The summed E-state index contributed by atoms with van der Waals surface area (Å²) in [6.07, 6.45) is 1.71. The summed E-state index contributed by atoms with van der Waals surface area (Å²) in [5.41, 5.74) is 0.618. The van der Waals surface area contributed by atoms with Crippen LogP contribution in [-0.2, 0) is 25.4 Å². The Balaban J connectivity index is 1.77. The number of methoxy groups -OCH3 is 2. The molecule has 10 heteroatoms. The first kappa shape index (κ1) is 26.4. The van der Waals surface area contributed by atoms with Crippen LogP contribution in [0.25, 0.3) is 0 Å². The Morgan fingerprint density at radius 1 is 1.26 bits per heavy atom. The molecule has 2 aromatic rings. The summed E-state index contributed by atoms with van der Waals surface area (Å²) in [7, 11) is 2.95. The molecule has 0 bridgehead atoms. The molecule has 0 aliphatic carbocycles. The number of hydrogen-bond acceptors (Lipinski definition) is 8. The number of aromatic nitrogens is 1. The maximum absolute atomic E-state index is 13.4. The van der Waals surface area contributed by atoms with Crippen LogP contribution in [-0.4, -0.2) is 67.7 Å². The van der Waals surface area contributed by atoms with Crippen LogP contribution in [0.15, 0.2) is 36.5 Å². The molecular formula is C25H31FN2O7. The second kappa shape index (κ2) is 12.5. The maximum atomic E-state index is 13.4. The monoisotopic (exact) mass is 490 g/mol. The van der Waals surface area contributed by atoms with Crippen LogP contribution >= 0.6 is 0 Å². The minimum absolute atomic E-state index is 0.0868. The van der Waals surface area contributed by atoms with Crippen LogP contribution in [0.1, 0.15) is 35.8 Å². The van der Waals surface area contributed by atoms with E-state index in [1.165, 1.54) is 31.5 Å². The fourth-order valence-corrected chi connectivity index (χ4v) is 4.08. The van der Waals surface area contributed by atoms with E-state index in [2.05, 4.69) is 10.3 Å². The number of amides is 1. The lowest BCUT2D eigenvalue weighted by Gasteiger charge is -2.31. The highest BCUT2D eigenvalue weighted by atomic mass is 19.1. The zero-order valence-electron chi connectivity index (χ0n) is 20.0. The van der Waals surface area contributed by atoms with E-state index >= 15 is 0 Å². The van der Waals surface area contributed by atoms with Gasteiger partial charge in [0.05, 0.1) is 13.2 Å². The van der Waals surface area contributed by atoms with E-state index in [9.17, 15) is 19.1 Å². The summed E-state index contributed by atoms with van der Waals surface area (Å²) < 4.78 is 35.5. The van der Waals surface area contributed by atoms with Crippen molar-refractivity contribution in [2.45, 2.75) is 44.4 Å². The zero-order valence-corrected chi connectivity index (χ0v) is 20.0. The minimum atomic E-state index is -1.01. The van der Waals surface area contributed by atoms with Crippen molar-refractivity contribution in [1.82, 2.24) is 10.3 Å². The van der Waals surface area contributed by atoms with Crippen molar-refractivity contribution in [2.75, 3.05) is 27.4 Å². The molecule has 0 saturated carbocycles. The molecule has 1 aromatic carbocycles. The number of ether oxygens (including phenoxy) is 4. The van der Waals surface area contributed by atoms with Gasteiger partial charge in [-0.25, -0.2) is 14.2 Å². The average molecular weight is 491 g/mol. The van der Waals surface area contributed by atoms with Crippen LogP contribution in [0.5, 0.6) is 11.5 Å². The lowest BCUT2D eigenvalue weighted by molar-refractivity contribution is -0.154. The molecule has 0 unspecified atom stereocenters. The molecule has 9 nitrogen and oxygen atoms in total. The standard InChI is InChI=1S/C25H31FN2O7/c1-15-18(14-16-4-6-17(26)7-5-16)20(10-12-32-2)34-13-9-19(25(31)35-15)28-24(30)22-23(29)21(33-3)8-11-27-22/h4-8,11,15,18-20,29H,9-10,12-14H2,1-3H3,(H,28,30)/t15-,18-,19-,20+/m0/s1. The Kier molecular flexibility index (Phi) is 9.39. The number of aromatic hydroxyl groups is 1. The number of cyclic esters (lactones) is 1. The number of pyridine rings is 1. The van der Waals surface area contributed by atoms with E-state index in [1.54, 1.807) is 26.2 Å². The van der Waals surface area contributed by atoms with Crippen molar-refractivity contribution in [3.8, 4) is 11.5 Å². The highest BCUT2D eigenvalue weighted by Gasteiger charge is 2.35. The molecule has 190 valence electrons. The van der Waals surface area contributed by atoms with Gasteiger partial charge in [0.25, 0.3) is 5.91 Å². The van der Waals surface area contributed by atoms with Gasteiger partial charge in [0.15, 0.2) is 17.2 Å². The number of benzene rings is 1. The predicted octanol–water partition coefficient (Wildman–Crippen LogP) is 2.65. The first-order chi connectivity index (χ1) is 16.8. The van der Waals surface area contributed by atoms with Crippen molar-refractivity contribution < 1.29 is 38.0 Å². The number of rotatable bonds is 8. The van der Waals surface area contributed by atoms with Gasteiger partial charge in [-0.15, -0.1) is 0 Å². The lowest BCUT2D eigenvalue weighted by Crippen LogP contribution is -2.44. The lowest BCUT2D eigenvalue weighted by atomic mass is 9.88. The predicted molar refractivity (Wildman–Crippen MR) is 124 cm³/mol. The van der Waals surface area contributed by atoms with Gasteiger partial charge in [0, 0.05) is 44.9 Å². The van der Waals surface area contributed by atoms with Crippen molar-refractivity contribution in [3.05, 3.63) is 53.6 Å². The SMILES string of the molecule is COCC[C@H]1OCC[C@H](NC(=O)c2nccc(OC)c2O)C(=O)O[C@@H](C)[C@@H]1Cc1ccc(F)cc1. The average Bonchev–Trinajstić information content (AvgIpc) is 2.89. The van der Waals surface area contributed by atoms with Gasteiger partial charge >= 0.3 is 5.97 Å². The highest BCUT2D eigenvalue weighted by Crippen LogP contribution is 2.28.